The van der Waals surface area contributed by atoms with Gasteiger partial charge in [-0.05, 0) is 62.2 Å². The minimum absolute atomic E-state index is 0.234. The zero-order chi connectivity index (χ0) is 14.0. The summed E-state index contributed by atoms with van der Waals surface area (Å²) < 4.78 is 1.12. The standard InChI is InChI=1S/C17H20BrN/c1-11-5-6-12(2)15(9-11)17(19-4)16-10-14(18)8-7-13(16)3/h5-10,17,19H,1-4H3. The summed E-state index contributed by atoms with van der Waals surface area (Å²) in [5.41, 5.74) is 6.61. The van der Waals surface area contributed by atoms with Gasteiger partial charge in [0, 0.05) is 4.47 Å². The molecule has 1 N–H and O–H groups in total. The summed E-state index contributed by atoms with van der Waals surface area (Å²) in [7, 11) is 2.02. The molecule has 0 bridgehead atoms. The van der Waals surface area contributed by atoms with Crippen LogP contribution < -0.4 is 5.32 Å². The zero-order valence-electron chi connectivity index (χ0n) is 11.9. The highest BCUT2D eigenvalue weighted by Gasteiger charge is 2.16. The largest absolute Gasteiger partial charge is 0.309 e. The van der Waals surface area contributed by atoms with Crippen molar-refractivity contribution in [3.63, 3.8) is 0 Å². The van der Waals surface area contributed by atoms with E-state index >= 15 is 0 Å². The topological polar surface area (TPSA) is 12.0 Å². The minimum atomic E-state index is 0.234. The monoisotopic (exact) mass is 317 g/mol. The lowest BCUT2D eigenvalue weighted by molar-refractivity contribution is 0.682. The van der Waals surface area contributed by atoms with Crippen LogP contribution >= 0.6 is 15.9 Å². The third-order valence-electron chi connectivity index (χ3n) is 3.59. The predicted molar refractivity (Wildman–Crippen MR) is 85.7 cm³/mol. The number of rotatable bonds is 3. The molecule has 0 aliphatic rings. The van der Waals surface area contributed by atoms with Gasteiger partial charge < -0.3 is 5.32 Å². The van der Waals surface area contributed by atoms with Crippen LogP contribution in [0.15, 0.2) is 40.9 Å². The molecule has 1 atom stereocenters. The lowest BCUT2D eigenvalue weighted by atomic mass is 9.91. The second-order valence-corrected chi connectivity index (χ2v) is 6.00. The summed E-state index contributed by atoms with van der Waals surface area (Å²) in [6.45, 7) is 6.48. The van der Waals surface area contributed by atoms with Crippen molar-refractivity contribution in [1.82, 2.24) is 5.32 Å². The Morgan fingerprint density at radius 1 is 0.895 bits per heavy atom. The van der Waals surface area contributed by atoms with E-state index in [9.17, 15) is 0 Å². The first-order chi connectivity index (χ1) is 9.02. The van der Waals surface area contributed by atoms with Crippen molar-refractivity contribution in [3.05, 3.63) is 68.7 Å². The SMILES string of the molecule is CNC(c1cc(C)ccc1C)c1cc(Br)ccc1C. The Balaban J connectivity index is 2.55. The molecule has 2 aromatic rings. The van der Waals surface area contributed by atoms with Crippen molar-refractivity contribution < 1.29 is 0 Å². The van der Waals surface area contributed by atoms with Crippen molar-refractivity contribution in [2.24, 2.45) is 0 Å². The van der Waals surface area contributed by atoms with Crippen molar-refractivity contribution >= 4 is 15.9 Å². The molecule has 0 spiro atoms. The first-order valence-corrected chi connectivity index (χ1v) is 7.32. The second-order valence-electron chi connectivity index (χ2n) is 5.08. The van der Waals surface area contributed by atoms with E-state index in [1.54, 1.807) is 0 Å². The van der Waals surface area contributed by atoms with Crippen molar-refractivity contribution in [2.75, 3.05) is 7.05 Å². The quantitative estimate of drug-likeness (QED) is 0.866. The fourth-order valence-electron chi connectivity index (χ4n) is 2.47. The normalized spacial score (nSPS) is 12.5. The molecule has 0 radical (unpaired) electrons. The van der Waals surface area contributed by atoms with Crippen LogP contribution in [0, 0.1) is 20.8 Å². The first-order valence-electron chi connectivity index (χ1n) is 6.53. The molecular weight excluding hydrogens is 298 g/mol. The Morgan fingerprint density at radius 2 is 1.47 bits per heavy atom. The van der Waals surface area contributed by atoms with Crippen molar-refractivity contribution in [2.45, 2.75) is 26.8 Å². The molecule has 0 amide bonds. The maximum atomic E-state index is 3.57. The van der Waals surface area contributed by atoms with E-state index in [1.165, 1.54) is 27.8 Å². The molecule has 0 heterocycles. The van der Waals surface area contributed by atoms with Crippen molar-refractivity contribution in [3.8, 4) is 0 Å². The van der Waals surface area contributed by atoms with Gasteiger partial charge in [0.25, 0.3) is 0 Å². The fraction of sp³-hybridized carbons (Fsp3) is 0.294. The maximum Gasteiger partial charge on any atom is 0.0579 e. The molecular formula is C17H20BrN. The summed E-state index contributed by atoms with van der Waals surface area (Å²) in [5.74, 6) is 0. The smallest absolute Gasteiger partial charge is 0.0579 e. The number of nitrogens with one attached hydrogen (secondary N) is 1. The molecule has 2 rings (SSSR count). The number of hydrogen-bond donors (Lipinski definition) is 1. The molecule has 0 fully saturated rings. The molecule has 0 aromatic heterocycles. The summed E-state index contributed by atoms with van der Waals surface area (Å²) in [6.07, 6.45) is 0. The molecule has 19 heavy (non-hydrogen) atoms. The lowest BCUT2D eigenvalue weighted by Crippen LogP contribution is -2.19. The van der Waals surface area contributed by atoms with Gasteiger partial charge in [0.1, 0.15) is 0 Å². The molecule has 100 valence electrons. The second kappa shape index (κ2) is 5.89. The molecule has 1 unspecified atom stereocenters. The van der Waals surface area contributed by atoms with Crippen LogP contribution in [0.2, 0.25) is 0 Å². The van der Waals surface area contributed by atoms with Crippen LogP contribution in [0.3, 0.4) is 0 Å². The number of hydrogen-bond acceptors (Lipinski definition) is 1. The third-order valence-corrected chi connectivity index (χ3v) is 4.08. The molecule has 2 heteroatoms. The minimum Gasteiger partial charge on any atom is -0.309 e. The highest BCUT2D eigenvalue weighted by atomic mass is 79.9. The molecule has 0 saturated heterocycles. The van der Waals surface area contributed by atoms with Gasteiger partial charge in [0.05, 0.1) is 6.04 Å². The van der Waals surface area contributed by atoms with Crippen LogP contribution in [0.5, 0.6) is 0 Å². The number of halogens is 1. The highest BCUT2D eigenvalue weighted by Crippen LogP contribution is 2.29. The van der Waals surface area contributed by atoms with E-state index in [2.05, 4.69) is 78.4 Å². The Kier molecular flexibility index (Phi) is 4.43. The van der Waals surface area contributed by atoms with Crippen LogP contribution in [0.1, 0.15) is 33.9 Å². The molecule has 0 aliphatic carbocycles. The van der Waals surface area contributed by atoms with E-state index in [0.29, 0.717) is 0 Å². The van der Waals surface area contributed by atoms with Gasteiger partial charge >= 0.3 is 0 Å². The molecule has 0 aliphatic heterocycles. The van der Waals surface area contributed by atoms with Gasteiger partial charge in [0.2, 0.25) is 0 Å². The Morgan fingerprint density at radius 3 is 2.11 bits per heavy atom. The van der Waals surface area contributed by atoms with E-state index in [4.69, 9.17) is 0 Å². The van der Waals surface area contributed by atoms with E-state index in [0.717, 1.165) is 4.47 Å². The lowest BCUT2D eigenvalue weighted by Gasteiger charge is -2.22. The van der Waals surface area contributed by atoms with E-state index in [1.807, 2.05) is 7.05 Å². The fourth-order valence-corrected chi connectivity index (χ4v) is 2.85. The van der Waals surface area contributed by atoms with Crippen LogP contribution in [-0.2, 0) is 0 Å². The number of aryl methyl sites for hydroxylation is 3. The Labute approximate surface area is 124 Å². The molecule has 0 saturated carbocycles. The van der Waals surface area contributed by atoms with Crippen LogP contribution in [0.25, 0.3) is 0 Å². The Hall–Kier alpha value is -1.12. The number of benzene rings is 2. The molecule has 2 aromatic carbocycles. The molecule has 1 nitrogen and oxygen atoms in total. The third kappa shape index (κ3) is 3.07. The average molecular weight is 318 g/mol. The van der Waals surface area contributed by atoms with Gasteiger partial charge in [-0.2, -0.15) is 0 Å². The van der Waals surface area contributed by atoms with Gasteiger partial charge in [-0.25, -0.2) is 0 Å². The van der Waals surface area contributed by atoms with E-state index in [-0.39, 0.29) is 6.04 Å². The summed E-state index contributed by atoms with van der Waals surface area (Å²) in [4.78, 5) is 0. The maximum absolute atomic E-state index is 3.57. The van der Waals surface area contributed by atoms with Gasteiger partial charge in [-0.1, -0.05) is 45.8 Å². The predicted octanol–water partition coefficient (Wildman–Crippen LogP) is 4.68. The van der Waals surface area contributed by atoms with Crippen molar-refractivity contribution in [1.29, 1.82) is 0 Å². The van der Waals surface area contributed by atoms with Gasteiger partial charge in [0.15, 0.2) is 0 Å². The zero-order valence-corrected chi connectivity index (χ0v) is 13.5. The van der Waals surface area contributed by atoms with Crippen LogP contribution in [0.4, 0.5) is 0 Å². The summed E-state index contributed by atoms with van der Waals surface area (Å²) in [5, 5.41) is 3.45. The first kappa shape index (κ1) is 14.3. The van der Waals surface area contributed by atoms with Gasteiger partial charge in [-0.15, -0.1) is 0 Å². The van der Waals surface area contributed by atoms with Crippen LogP contribution in [-0.4, -0.2) is 7.05 Å². The Bertz CT molecular complexity index is 538. The van der Waals surface area contributed by atoms with Gasteiger partial charge in [-0.3, -0.25) is 0 Å². The summed E-state index contributed by atoms with van der Waals surface area (Å²) in [6, 6.07) is 13.3. The highest BCUT2D eigenvalue weighted by molar-refractivity contribution is 9.10. The van der Waals surface area contributed by atoms with E-state index < -0.39 is 0 Å². The average Bonchev–Trinajstić information content (AvgIpc) is 2.38. The summed E-state index contributed by atoms with van der Waals surface area (Å²) >= 11 is 3.57.